The highest BCUT2D eigenvalue weighted by Crippen LogP contribution is 2.28. The third-order valence-corrected chi connectivity index (χ3v) is 4.85. The molecule has 1 heterocycles. The lowest BCUT2D eigenvalue weighted by molar-refractivity contribution is -0.133. The number of fused-ring (bicyclic) bond motifs is 1. The maximum atomic E-state index is 14.1. The van der Waals surface area contributed by atoms with Crippen molar-refractivity contribution in [2.24, 2.45) is 0 Å². The van der Waals surface area contributed by atoms with Crippen molar-refractivity contribution in [3.63, 3.8) is 0 Å². The number of carboxylic acid groups (broad SMARTS) is 1. The van der Waals surface area contributed by atoms with Gasteiger partial charge in [-0.2, -0.15) is 11.8 Å². The lowest BCUT2D eigenvalue weighted by Crippen LogP contribution is -2.11. The van der Waals surface area contributed by atoms with Crippen molar-refractivity contribution in [1.82, 2.24) is 9.55 Å². The molecular formula is C13H14F2N2O2S2. The van der Waals surface area contributed by atoms with E-state index in [0.717, 1.165) is 17.8 Å². The molecule has 0 aliphatic heterocycles. The molecule has 0 bridgehead atoms. The van der Waals surface area contributed by atoms with Crippen LogP contribution in [0.25, 0.3) is 11.0 Å². The van der Waals surface area contributed by atoms with Gasteiger partial charge < -0.3 is 9.67 Å². The molecule has 0 radical (unpaired) electrons. The molecule has 0 aliphatic rings. The molecule has 114 valence electrons. The molecule has 0 saturated carbocycles. The third kappa shape index (κ3) is 3.49. The first-order valence-corrected chi connectivity index (χ1v) is 8.43. The van der Waals surface area contributed by atoms with E-state index in [1.54, 1.807) is 16.3 Å². The van der Waals surface area contributed by atoms with Gasteiger partial charge in [-0.3, -0.25) is 4.79 Å². The van der Waals surface area contributed by atoms with Crippen LogP contribution in [0.3, 0.4) is 0 Å². The Bertz CT molecular complexity index is 676. The lowest BCUT2D eigenvalue weighted by Gasteiger charge is -2.13. The first kappa shape index (κ1) is 16.1. The molecule has 0 fully saturated rings. The van der Waals surface area contributed by atoms with Crippen LogP contribution < -0.4 is 0 Å². The molecule has 1 aromatic heterocycles. The van der Waals surface area contributed by atoms with Gasteiger partial charge in [-0.25, -0.2) is 13.8 Å². The summed E-state index contributed by atoms with van der Waals surface area (Å²) in [5, 5.41) is 9.32. The SMILES string of the molecule is CSC(C)Cn1c(SCC(=O)O)nc2ccc(F)c(F)c21. The molecule has 8 heteroatoms. The summed E-state index contributed by atoms with van der Waals surface area (Å²) in [7, 11) is 0. The zero-order chi connectivity index (χ0) is 15.6. The molecule has 2 rings (SSSR count). The van der Waals surface area contributed by atoms with Gasteiger partial charge in [-0.1, -0.05) is 18.7 Å². The number of nitrogens with zero attached hydrogens (tertiary/aromatic N) is 2. The number of hydrogen-bond donors (Lipinski definition) is 1. The molecule has 21 heavy (non-hydrogen) atoms. The van der Waals surface area contributed by atoms with E-state index >= 15 is 0 Å². The summed E-state index contributed by atoms with van der Waals surface area (Å²) in [5.41, 5.74) is 0.416. The highest BCUT2D eigenvalue weighted by atomic mass is 32.2. The van der Waals surface area contributed by atoms with Crippen LogP contribution in [-0.2, 0) is 11.3 Å². The van der Waals surface area contributed by atoms with Crippen LogP contribution in [0.4, 0.5) is 8.78 Å². The van der Waals surface area contributed by atoms with Crippen molar-refractivity contribution in [1.29, 1.82) is 0 Å². The number of thioether (sulfide) groups is 2. The van der Waals surface area contributed by atoms with E-state index in [1.165, 1.54) is 6.07 Å². The average Bonchev–Trinajstić information content (AvgIpc) is 2.79. The fourth-order valence-electron chi connectivity index (χ4n) is 1.87. The van der Waals surface area contributed by atoms with E-state index in [4.69, 9.17) is 5.11 Å². The van der Waals surface area contributed by atoms with E-state index in [9.17, 15) is 13.6 Å². The Morgan fingerprint density at radius 1 is 1.48 bits per heavy atom. The summed E-state index contributed by atoms with van der Waals surface area (Å²) in [5.74, 6) is -3.05. The largest absolute Gasteiger partial charge is 0.481 e. The van der Waals surface area contributed by atoms with Gasteiger partial charge in [0.1, 0.15) is 5.52 Å². The fraction of sp³-hybridized carbons (Fsp3) is 0.385. The van der Waals surface area contributed by atoms with Gasteiger partial charge in [-0.15, -0.1) is 0 Å². The van der Waals surface area contributed by atoms with Gasteiger partial charge in [0.05, 0.1) is 11.3 Å². The van der Waals surface area contributed by atoms with E-state index in [-0.39, 0.29) is 16.5 Å². The Labute approximate surface area is 128 Å². The van der Waals surface area contributed by atoms with E-state index in [2.05, 4.69) is 4.98 Å². The number of rotatable bonds is 6. The summed E-state index contributed by atoms with van der Waals surface area (Å²) in [6.07, 6.45) is 1.92. The van der Waals surface area contributed by atoms with Crippen molar-refractivity contribution in [3.8, 4) is 0 Å². The van der Waals surface area contributed by atoms with Gasteiger partial charge in [0.15, 0.2) is 16.8 Å². The zero-order valence-corrected chi connectivity index (χ0v) is 13.1. The number of aliphatic carboxylic acids is 1. The highest BCUT2D eigenvalue weighted by Gasteiger charge is 2.19. The van der Waals surface area contributed by atoms with E-state index in [0.29, 0.717) is 17.2 Å². The third-order valence-electron chi connectivity index (χ3n) is 2.93. The number of carbonyl (C=O) groups is 1. The topological polar surface area (TPSA) is 55.1 Å². The maximum Gasteiger partial charge on any atom is 0.313 e. The standard InChI is InChI=1S/C13H14F2N2O2S2/c1-7(20-2)5-17-12-9(4-3-8(14)11(12)15)16-13(17)21-6-10(18)19/h3-4,7H,5-6H2,1-2H3,(H,18,19). The molecule has 0 saturated heterocycles. The van der Waals surface area contributed by atoms with E-state index in [1.807, 2.05) is 13.2 Å². The van der Waals surface area contributed by atoms with Gasteiger partial charge in [0, 0.05) is 11.8 Å². The van der Waals surface area contributed by atoms with Gasteiger partial charge in [-0.05, 0) is 18.4 Å². The number of halogens is 2. The second-order valence-electron chi connectivity index (χ2n) is 4.46. The van der Waals surface area contributed by atoms with E-state index < -0.39 is 17.6 Å². The van der Waals surface area contributed by atoms with Crippen molar-refractivity contribution < 1.29 is 18.7 Å². The lowest BCUT2D eigenvalue weighted by atomic mass is 10.3. The summed E-state index contributed by atoms with van der Waals surface area (Å²) in [6, 6.07) is 2.43. The Hall–Kier alpha value is -1.28. The molecule has 2 aromatic rings. The molecule has 1 aromatic carbocycles. The summed E-state index contributed by atoms with van der Waals surface area (Å²) in [6.45, 7) is 2.39. The Kier molecular flexibility index (Phi) is 5.10. The average molecular weight is 332 g/mol. The van der Waals surface area contributed by atoms with Crippen LogP contribution in [0.5, 0.6) is 0 Å². The molecule has 0 amide bonds. The maximum absolute atomic E-state index is 14.1. The summed E-state index contributed by atoms with van der Waals surface area (Å²) in [4.78, 5) is 14.9. The van der Waals surface area contributed by atoms with Crippen molar-refractivity contribution in [2.45, 2.75) is 23.9 Å². The second kappa shape index (κ2) is 6.65. The first-order chi connectivity index (χ1) is 9.93. The summed E-state index contributed by atoms with van der Waals surface area (Å²) < 4.78 is 29.1. The minimum atomic E-state index is -0.983. The van der Waals surface area contributed by atoms with Crippen LogP contribution >= 0.6 is 23.5 Å². The predicted octanol–water partition coefficient (Wildman–Crippen LogP) is 3.24. The first-order valence-electron chi connectivity index (χ1n) is 6.15. The minimum Gasteiger partial charge on any atom is -0.481 e. The van der Waals surface area contributed by atoms with Crippen molar-refractivity contribution in [2.75, 3.05) is 12.0 Å². The minimum absolute atomic E-state index is 0.0868. The zero-order valence-electron chi connectivity index (χ0n) is 11.5. The number of carboxylic acids is 1. The van der Waals surface area contributed by atoms with Gasteiger partial charge in [0.25, 0.3) is 0 Å². The molecule has 1 unspecified atom stereocenters. The number of hydrogen-bond acceptors (Lipinski definition) is 4. The Morgan fingerprint density at radius 3 is 2.81 bits per heavy atom. The van der Waals surface area contributed by atoms with Gasteiger partial charge in [0.2, 0.25) is 0 Å². The molecular weight excluding hydrogens is 318 g/mol. The fourth-order valence-corrected chi connectivity index (χ4v) is 2.91. The van der Waals surface area contributed by atoms with Gasteiger partial charge >= 0.3 is 5.97 Å². The van der Waals surface area contributed by atoms with Crippen LogP contribution in [0.15, 0.2) is 17.3 Å². The molecule has 0 aliphatic carbocycles. The molecule has 0 spiro atoms. The van der Waals surface area contributed by atoms with Crippen LogP contribution in [0.1, 0.15) is 6.92 Å². The number of imidazole rings is 1. The highest BCUT2D eigenvalue weighted by molar-refractivity contribution is 7.99. The van der Waals surface area contributed by atoms with Crippen LogP contribution in [0.2, 0.25) is 0 Å². The van der Waals surface area contributed by atoms with Crippen molar-refractivity contribution in [3.05, 3.63) is 23.8 Å². The Balaban J connectivity index is 2.53. The molecule has 1 N–H and O–H groups in total. The molecule has 4 nitrogen and oxygen atoms in total. The monoisotopic (exact) mass is 332 g/mol. The number of benzene rings is 1. The number of aromatic nitrogens is 2. The van der Waals surface area contributed by atoms with Crippen molar-refractivity contribution >= 4 is 40.5 Å². The predicted molar refractivity (Wildman–Crippen MR) is 81.0 cm³/mol. The smallest absolute Gasteiger partial charge is 0.313 e. The molecule has 1 atom stereocenters. The Morgan fingerprint density at radius 2 is 2.19 bits per heavy atom. The quantitative estimate of drug-likeness (QED) is 0.823. The van der Waals surface area contributed by atoms with Crippen LogP contribution in [-0.4, -0.2) is 37.9 Å². The van der Waals surface area contributed by atoms with Crippen LogP contribution in [0, 0.1) is 11.6 Å². The normalized spacial score (nSPS) is 12.8. The second-order valence-corrected chi connectivity index (χ2v) is 6.68. The summed E-state index contributed by atoms with van der Waals surface area (Å²) >= 11 is 2.59.